The summed E-state index contributed by atoms with van der Waals surface area (Å²) in [7, 11) is 0.698. The Hall–Kier alpha value is -2.17. The lowest BCUT2D eigenvalue weighted by atomic mass is 10.1. The number of nitrogens with zero attached hydrogens (tertiary/aromatic N) is 2. The van der Waals surface area contributed by atoms with E-state index in [9.17, 15) is 13.0 Å². The number of allylic oxidation sites excluding steroid dienone is 2. The fourth-order valence-corrected chi connectivity index (χ4v) is 5.63. The van der Waals surface area contributed by atoms with Gasteiger partial charge in [-0.2, -0.15) is 4.57 Å². The molecular formula is C24H28N2O4S3. The van der Waals surface area contributed by atoms with E-state index in [0.29, 0.717) is 0 Å². The molecule has 0 bridgehead atoms. The molecule has 2 heterocycles. The van der Waals surface area contributed by atoms with E-state index < -0.39 is 10.4 Å². The minimum Gasteiger partial charge on any atom is -0.726 e. The van der Waals surface area contributed by atoms with Crippen molar-refractivity contribution in [1.82, 2.24) is 0 Å². The Morgan fingerprint density at radius 3 is 2.24 bits per heavy atom. The lowest BCUT2D eigenvalue weighted by molar-refractivity contribution is -0.642. The van der Waals surface area contributed by atoms with E-state index in [-0.39, 0.29) is 0 Å². The Balaban J connectivity index is 0.000000454. The highest BCUT2D eigenvalue weighted by Gasteiger charge is 2.22. The van der Waals surface area contributed by atoms with Gasteiger partial charge in [-0.15, -0.1) is 0 Å². The maximum atomic E-state index is 9.22. The number of fused-ring (bicyclic) bond motifs is 2. The summed E-state index contributed by atoms with van der Waals surface area (Å²) < 4.78 is 34.7. The summed E-state index contributed by atoms with van der Waals surface area (Å²) in [6.45, 7) is 8.73. The number of aromatic nitrogens is 1. The second-order valence-electron chi connectivity index (χ2n) is 7.91. The van der Waals surface area contributed by atoms with E-state index in [0.717, 1.165) is 7.11 Å². The average Bonchev–Trinajstić information content (AvgIpc) is 3.20. The van der Waals surface area contributed by atoms with E-state index in [2.05, 4.69) is 97.9 Å². The summed E-state index contributed by atoms with van der Waals surface area (Å²) in [5, 5.41) is 2.53. The van der Waals surface area contributed by atoms with Crippen molar-refractivity contribution in [2.75, 3.05) is 19.1 Å². The predicted octanol–water partition coefficient (Wildman–Crippen LogP) is 5.15. The Morgan fingerprint density at radius 1 is 1.03 bits per heavy atom. The van der Waals surface area contributed by atoms with Gasteiger partial charge in [0.25, 0.3) is 5.01 Å². The fourth-order valence-electron chi connectivity index (χ4n) is 3.34. The number of hydrogen-bond acceptors (Lipinski definition) is 7. The third kappa shape index (κ3) is 5.85. The number of rotatable bonds is 3. The Morgan fingerprint density at radius 2 is 1.61 bits per heavy atom. The van der Waals surface area contributed by atoms with Crippen LogP contribution in [0.15, 0.2) is 46.3 Å². The second-order valence-corrected chi connectivity index (χ2v) is 11.2. The quantitative estimate of drug-likeness (QED) is 0.279. The highest BCUT2D eigenvalue weighted by Crippen LogP contribution is 2.46. The van der Waals surface area contributed by atoms with Crippen LogP contribution in [0.1, 0.15) is 27.3 Å². The van der Waals surface area contributed by atoms with Gasteiger partial charge in [0.2, 0.25) is 15.9 Å². The number of thiazole rings is 1. The fraction of sp³-hybridized carbons (Fsp3) is 0.292. The van der Waals surface area contributed by atoms with Crippen LogP contribution in [0, 0.1) is 27.7 Å². The van der Waals surface area contributed by atoms with Gasteiger partial charge in [0.15, 0.2) is 0 Å². The molecule has 0 spiro atoms. The van der Waals surface area contributed by atoms with Crippen molar-refractivity contribution in [3.8, 4) is 0 Å². The van der Waals surface area contributed by atoms with Crippen LogP contribution < -0.4 is 9.47 Å². The van der Waals surface area contributed by atoms with Gasteiger partial charge in [-0.3, -0.25) is 4.18 Å². The zero-order chi connectivity index (χ0) is 24.5. The molecular weight excluding hydrogens is 476 g/mol. The molecule has 33 heavy (non-hydrogen) atoms. The maximum Gasteiger partial charge on any atom is 0.262 e. The molecule has 0 radical (unpaired) electrons. The molecule has 0 saturated heterocycles. The molecule has 0 fully saturated rings. The largest absolute Gasteiger partial charge is 0.726 e. The smallest absolute Gasteiger partial charge is 0.262 e. The van der Waals surface area contributed by atoms with Gasteiger partial charge in [-0.1, -0.05) is 29.2 Å². The summed E-state index contributed by atoms with van der Waals surface area (Å²) in [5.74, 6) is 0. The van der Waals surface area contributed by atoms with Crippen LogP contribution in [0.5, 0.6) is 0 Å². The van der Waals surface area contributed by atoms with Crippen molar-refractivity contribution >= 4 is 55.5 Å². The molecule has 1 aliphatic heterocycles. The van der Waals surface area contributed by atoms with Crippen LogP contribution >= 0.6 is 23.1 Å². The molecule has 6 nitrogen and oxygen atoms in total. The van der Waals surface area contributed by atoms with Gasteiger partial charge in [-0.25, -0.2) is 8.42 Å². The first-order chi connectivity index (χ1) is 15.4. The van der Waals surface area contributed by atoms with Gasteiger partial charge in [0.1, 0.15) is 11.7 Å². The van der Waals surface area contributed by atoms with E-state index >= 15 is 0 Å². The van der Waals surface area contributed by atoms with Crippen LogP contribution in [-0.2, 0) is 21.6 Å². The van der Waals surface area contributed by atoms with Crippen molar-refractivity contribution in [1.29, 1.82) is 0 Å². The number of thioether (sulfide) groups is 1. The summed E-state index contributed by atoms with van der Waals surface area (Å²) in [5.41, 5.74) is 8.02. The summed E-state index contributed by atoms with van der Waals surface area (Å²) >= 11 is 3.70. The molecule has 0 unspecified atom stereocenters. The Kier molecular flexibility index (Phi) is 7.70. The number of benzene rings is 2. The SMILES string of the molecule is COS(=O)(=O)[O-].Cc1cc2c(cc1C)N(C)/C(=C\C=C\c1sc3cc(C)c(C)cc3[n+]1C)S2. The minimum atomic E-state index is -4.41. The van der Waals surface area contributed by atoms with Crippen molar-refractivity contribution in [2.45, 2.75) is 32.6 Å². The molecule has 3 aromatic rings. The van der Waals surface area contributed by atoms with Crippen LogP contribution in [0.2, 0.25) is 0 Å². The number of anilines is 1. The molecule has 0 N–H and O–H groups in total. The third-order valence-corrected chi connectivity index (χ3v) is 8.39. The van der Waals surface area contributed by atoms with Crippen molar-refractivity contribution in [2.24, 2.45) is 7.05 Å². The zero-order valence-electron chi connectivity index (χ0n) is 19.8. The summed E-state index contributed by atoms with van der Waals surface area (Å²) in [4.78, 5) is 3.63. The van der Waals surface area contributed by atoms with Crippen molar-refractivity contribution < 1.29 is 21.7 Å². The number of hydrogen-bond donors (Lipinski definition) is 0. The van der Waals surface area contributed by atoms with E-state index in [1.54, 1.807) is 0 Å². The summed E-state index contributed by atoms with van der Waals surface area (Å²) in [6.07, 6.45) is 6.61. The molecule has 4 rings (SSSR count). The van der Waals surface area contributed by atoms with E-state index in [1.165, 1.54) is 53.1 Å². The van der Waals surface area contributed by atoms with Crippen LogP contribution in [0.3, 0.4) is 0 Å². The van der Waals surface area contributed by atoms with Crippen LogP contribution in [0.25, 0.3) is 16.3 Å². The molecule has 1 aliphatic rings. The highest BCUT2D eigenvalue weighted by molar-refractivity contribution is 8.03. The third-order valence-electron chi connectivity index (χ3n) is 5.65. The van der Waals surface area contributed by atoms with Gasteiger partial charge in [-0.05, 0) is 74.2 Å². The van der Waals surface area contributed by atoms with Gasteiger partial charge in [0, 0.05) is 24.1 Å². The molecule has 9 heteroatoms. The monoisotopic (exact) mass is 504 g/mol. The molecule has 1 aromatic heterocycles. The molecule has 0 atom stereocenters. The van der Waals surface area contributed by atoms with Crippen LogP contribution in [-0.4, -0.2) is 27.1 Å². The minimum absolute atomic E-state index is 0.808. The topological polar surface area (TPSA) is 73.5 Å². The van der Waals surface area contributed by atoms with Crippen LogP contribution in [0.4, 0.5) is 5.69 Å². The second kappa shape index (κ2) is 9.99. The van der Waals surface area contributed by atoms with Gasteiger partial charge < -0.3 is 9.45 Å². The molecule has 176 valence electrons. The summed E-state index contributed by atoms with van der Waals surface area (Å²) in [6, 6.07) is 9.18. The van der Waals surface area contributed by atoms with Crippen molar-refractivity contribution in [3.63, 3.8) is 0 Å². The number of aryl methyl sites for hydroxylation is 5. The lowest BCUT2D eigenvalue weighted by Gasteiger charge is -2.13. The lowest BCUT2D eigenvalue weighted by Crippen LogP contribution is -2.28. The first-order valence-corrected chi connectivity index (χ1v) is 13.2. The normalized spacial score (nSPS) is 14.8. The first-order valence-electron chi connectivity index (χ1n) is 10.2. The molecule has 0 saturated carbocycles. The predicted molar refractivity (Wildman–Crippen MR) is 136 cm³/mol. The maximum absolute atomic E-state index is 9.22. The van der Waals surface area contributed by atoms with Crippen molar-refractivity contribution in [3.05, 3.63) is 68.7 Å². The molecule has 0 aliphatic carbocycles. The first kappa shape index (κ1) is 25.5. The standard InChI is InChI=1S/C23H25N2S2.CH4O4S/c1-14-10-18-20(12-16(14)3)26-22(24(18)5)8-7-9-23-25(6)19-11-15(2)17(4)13-21(19)27-23;1-5-6(2,3)4/h7-13H,1-6H3;1H3,(H,2,3,4)/q+1;/p-1. The highest BCUT2D eigenvalue weighted by atomic mass is 32.3. The zero-order valence-corrected chi connectivity index (χ0v) is 22.2. The van der Waals surface area contributed by atoms with Gasteiger partial charge in [0.05, 0.1) is 17.8 Å². The molecule has 2 aromatic carbocycles. The van der Waals surface area contributed by atoms with Gasteiger partial charge >= 0.3 is 0 Å². The molecule has 0 amide bonds. The van der Waals surface area contributed by atoms with E-state index in [1.807, 2.05) is 23.1 Å². The Labute approximate surface area is 204 Å². The average molecular weight is 505 g/mol. The van der Waals surface area contributed by atoms with E-state index in [4.69, 9.17) is 0 Å². The Bertz CT molecular complexity index is 1370.